The molecule has 4 nitrogen and oxygen atoms in total. The normalized spacial score (nSPS) is 14.8. The fraction of sp³-hybridized carbons (Fsp3) is 0.300. The topological polar surface area (TPSA) is 45.2 Å². The number of hydrogen-bond donors (Lipinski definition) is 1. The number of rotatable bonds is 4. The Morgan fingerprint density at radius 2 is 1.88 bits per heavy atom. The van der Waals surface area contributed by atoms with Crippen molar-refractivity contribution in [3.05, 3.63) is 54.1 Å². The molecule has 4 rings (SSSR count). The summed E-state index contributed by atoms with van der Waals surface area (Å²) in [5, 5.41) is 4.03. The van der Waals surface area contributed by atoms with Crippen LogP contribution in [0.4, 0.5) is 10.8 Å². The van der Waals surface area contributed by atoms with E-state index in [1.54, 1.807) is 11.3 Å². The van der Waals surface area contributed by atoms with Crippen LogP contribution in [0.2, 0.25) is 0 Å². The van der Waals surface area contributed by atoms with Crippen molar-refractivity contribution in [1.82, 2.24) is 4.98 Å². The lowest BCUT2D eigenvalue weighted by molar-refractivity contribution is -0.120. The molecule has 3 aromatic rings. The Morgan fingerprint density at radius 3 is 2.56 bits per heavy atom. The molecular weight excluding hydrogens is 330 g/mol. The fourth-order valence-corrected chi connectivity index (χ4v) is 3.98. The van der Waals surface area contributed by atoms with Crippen LogP contribution in [0.15, 0.2) is 48.5 Å². The quantitative estimate of drug-likeness (QED) is 0.753. The zero-order chi connectivity index (χ0) is 17.4. The van der Waals surface area contributed by atoms with Crippen LogP contribution in [0.1, 0.15) is 25.3 Å². The first kappa shape index (κ1) is 16.1. The Hall–Kier alpha value is -2.40. The van der Waals surface area contributed by atoms with Crippen LogP contribution in [0.3, 0.4) is 0 Å². The monoisotopic (exact) mass is 351 g/mol. The van der Waals surface area contributed by atoms with E-state index < -0.39 is 0 Å². The lowest BCUT2D eigenvalue weighted by atomic mass is 9.99. The number of aromatic nitrogens is 1. The Bertz CT molecular complexity index is 862. The minimum Gasteiger partial charge on any atom is -0.346 e. The van der Waals surface area contributed by atoms with Crippen LogP contribution < -0.4 is 10.2 Å². The largest absolute Gasteiger partial charge is 0.346 e. The van der Waals surface area contributed by atoms with Gasteiger partial charge < -0.3 is 10.2 Å². The number of thiazole rings is 1. The summed E-state index contributed by atoms with van der Waals surface area (Å²) in [5.74, 6) is 0.616. The van der Waals surface area contributed by atoms with Gasteiger partial charge >= 0.3 is 0 Å². The predicted molar refractivity (Wildman–Crippen MR) is 104 cm³/mol. The molecule has 5 heteroatoms. The molecule has 1 N–H and O–H groups in total. The SMILES string of the molecule is CC(C)c1ccc(NC(=O)C2CN(c3nc4ccccc4s3)C2)cc1. The smallest absolute Gasteiger partial charge is 0.231 e. The minimum atomic E-state index is 0.0248. The summed E-state index contributed by atoms with van der Waals surface area (Å²) in [5.41, 5.74) is 3.18. The molecule has 1 fully saturated rings. The van der Waals surface area contributed by atoms with E-state index in [-0.39, 0.29) is 11.8 Å². The molecule has 128 valence electrons. The highest BCUT2D eigenvalue weighted by Gasteiger charge is 2.34. The summed E-state index contributed by atoms with van der Waals surface area (Å²) < 4.78 is 1.19. The van der Waals surface area contributed by atoms with Crippen molar-refractivity contribution < 1.29 is 4.79 Å². The van der Waals surface area contributed by atoms with E-state index in [0.29, 0.717) is 5.92 Å². The van der Waals surface area contributed by atoms with Crippen LogP contribution >= 0.6 is 11.3 Å². The Balaban J connectivity index is 1.35. The lowest BCUT2D eigenvalue weighted by Crippen LogP contribution is -2.52. The van der Waals surface area contributed by atoms with Crippen molar-refractivity contribution in [3.8, 4) is 0 Å². The Labute approximate surface area is 151 Å². The van der Waals surface area contributed by atoms with Gasteiger partial charge in [-0.25, -0.2) is 4.98 Å². The molecular formula is C20H21N3OS. The van der Waals surface area contributed by atoms with Crippen molar-refractivity contribution in [2.24, 2.45) is 5.92 Å². The summed E-state index contributed by atoms with van der Waals surface area (Å²) in [6.45, 7) is 5.79. The van der Waals surface area contributed by atoms with Gasteiger partial charge in [0.05, 0.1) is 16.1 Å². The lowest BCUT2D eigenvalue weighted by Gasteiger charge is -2.37. The maximum Gasteiger partial charge on any atom is 0.231 e. The van der Waals surface area contributed by atoms with Crippen molar-refractivity contribution in [2.45, 2.75) is 19.8 Å². The maximum atomic E-state index is 12.4. The molecule has 2 heterocycles. The average molecular weight is 351 g/mol. The molecule has 1 aliphatic heterocycles. The number of fused-ring (bicyclic) bond motifs is 1. The summed E-state index contributed by atoms with van der Waals surface area (Å²) in [4.78, 5) is 19.2. The average Bonchev–Trinajstić information content (AvgIpc) is 2.97. The third-order valence-electron chi connectivity index (χ3n) is 4.65. The van der Waals surface area contributed by atoms with Crippen molar-refractivity contribution in [2.75, 3.05) is 23.3 Å². The molecule has 0 bridgehead atoms. The number of anilines is 2. The predicted octanol–water partition coefficient (Wildman–Crippen LogP) is 4.49. The number of amides is 1. The second-order valence-electron chi connectivity index (χ2n) is 6.83. The van der Waals surface area contributed by atoms with Gasteiger partial charge in [0.15, 0.2) is 5.13 Å². The molecule has 2 aromatic carbocycles. The third-order valence-corrected chi connectivity index (χ3v) is 5.75. The second-order valence-corrected chi connectivity index (χ2v) is 7.84. The number of benzene rings is 2. The molecule has 1 amide bonds. The van der Waals surface area contributed by atoms with Gasteiger partial charge in [-0.3, -0.25) is 4.79 Å². The first-order valence-electron chi connectivity index (χ1n) is 8.61. The molecule has 0 radical (unpaired) electrons. The van der Waals surface area contributed by atoms with Crippen molar-refractivity contribution >= 4 is 38.3 Å². The number of nitrogens with zero attached hydrogens (tertiary/aromatic N) is 2. The van der Waals surface area contributed by atoms with Crippen LogP contribution in [-0.2, 0) is 4.79 Å². The van der Waals surface area contributed by atoms with E-state index in [0.717, 1.165) is 29.4 Å². The van der Waals surface area contributed by atoms with Crippen molar-refractivity contribution in [1.29, 1.82) is 0 Å². The van der Waals surface area contributed by atoms with Gasteiger partial charge in [-0.05, 0) is 35.7 Å². The highest BCUT2D eigenvalue weighted by molar-refractivity contribution is 7.22. The van der Waals surface area contributed by atoms with Gasteiger partial charge in [0.2, 0.25) is 5.91 Å². The molecule has 1 aromatic heterocycles. The van der Waals surface area contributed by atoms with Crippen LogP contribution in [0.25, 0.3) is 10.2 Å². The van der Waals surface area contributed by atoms with Gasteiger partial charge in [0, 0.05) is 18.8 Å². The van der Waals surface area contributed by atoms with E-state index in [1.165, 1.54) is 10.3 Å². The summed E-state index contributed by atoms with van der Waals surface area (Å²) >= 11 is 1.69. The molecule has 0 aliphatic carbocycles. The summed E-state index contributed by atoms with van der Waals surface area (Å²) in [6.07, 6.45) is 0. The first-order chi connectivity index (χ1) is 12.1. The summed E-state index contributed by atoms with van der Waals surface area (Å²) in [7, 11) is 0. The van der Waals surface area contributed by atoms with E-state index in [1.807, 2.05) is 30.3 Å². The van der Waals surface area contributed by atoms with Crippen LogP contribution in [-0.4, -0.2) is 24.0 Å². The maximum absolute atomic E-state index is 12.4. The van der Waals surface area contributed by atoms with E-state index in [4.69, 9.17) is 0 Å². The van der Waals surface area contributed by atoms with Crippen LogP contribution in [0.5, 0.6) is 0 Å². The molecule has 25 heavy (non-hydrogen) atoms. The van der Waals surface area contributed by atoms with Crippen molar-refractivity contribution in [3.63, 3.8) is 0 Å². The molecule has 0 spiro atoms. The second kappa shape index (κ2) is 6.48. The summed E-state index contributed by atoms with van der Waals surface area (Å²) in [6, 6.07) is 16.3. The van der Waals surface area contributed by atoms with Gasteiger partial charge in [-0.2, -0.15) is 0 Å². The fourth-order valence-electron chi connectivity index (χ4n) is 2.99. The van der Waals surface area contributed by atoms with Gasteiger partial charge in [-0.1, -0.05) is 49.4 Å². The highest BCUT2D eigenvalue weighted by Crippen LogP contribution is 2.33. The van der Waals surface area contributed by atoms with E-state index in [9.17, 15) is 4.79 Å². The van der Waals surface area contributed by atoms with Crippen LogP contribution in [0, 0.1) is 5.92 Å². The third kappa shape index (κ3) is 3.24. The van der Waals surface area contributed by atoms with E-state index in [2.05, 4.69) is 47.2 Å². The zero-order valence-electron chi connectivity index (χ0n) is 14.4. The standard InChI is InChI=1S/C20H21N3OS/c1-13(2)14-7-9-16(10-8-14)21-19(24)15-11-23(12-15)20-22-17-5-3-4-6-18(17)25-20/h3-10,13,15H,11-12H2,1-2H3,(H,21,24). The molecule has 0 atom stereocenters. The molecule has 1 aliphatic rings. The number of carbonyl (C=O) groups is 1. The van der Waals surface area contributed by atoms with Gasteiger partial charge in [0.25, 0.3) is 0 Å². The molecule has 0 saturated carbocycles. The Kier molecular flexibility index (Phi) is 4.17. The first-order valence-corrected chi connectivity index (χ1v) is 9.43. The van der Waals surface area contributed by atoms with Gasteiger partial charge in [0.1, 0.15) is 0 Å². The van der Waals surface area contributed by atoms with E-state index >= 15 is 0 Å². The number of para-hydroxylation sites is 1. The molecule has 0 unspecified atom stereocenters. The number of hydrogen-bond acceptors (Lipinski definition) is 4. The minimum absolute atomic E-state index is 0.0248. The molecule has 1 saturated heterocycles. The number of nitrogens with one attached hydrogen (secondary N) is 1. The zero-order valence-corrected chi connectivity index (χ0v) is 15.2. The van der Waals surface area contributed by atoms with Gasteiger partial charge in [-0.15, -0.1) is 0 Å². The Morgan fingerprint density at radius 1 is 1.16 bits per heavy atom. The highest BCUT2D eigenvalue weighted by atomic mass is 32.1. The number of carbonyl (C=O) groups excluding carboxylic acids is 1.